The van der Waals surface area contributed by atoms with E-state index >= 15 is 0 Å². The molecule has 0 aliphatic rings. The van der Waals surface area contributed by atoms with Crippen LogP contribution >= 0.6 is 22.9 Å². The number of hydrogen-bond acceptors (Lipinski definition) is 4. The molecule has 0 atom stereocenters. The number of fused-ring (bicyclic) bond motifs is 1. The van der Waals surface area contributed by atoms with Crippen molar-refractivity contribution in [1.82, 2.24) is 15.0 Å². The Balaban J connectivity index is 2.26. The molecular formula is C12H8ClN3S. The van der Waals surface area contributed by atoms with E-state index in [9.17, 15) is 0 Å². The summed E-state index contributed by atoms with van der Waals surface area (Å²) in [7, 11) is 0. The van der Waals surface area contributed by atoms with Gasteiger partial charge in [-0.05, 0) is 12.5 Å². The zero-order valence-electron chi connectivity index (χ0n) is 9.01. The fraction of sp³-hybridized carbons (Fsp3) is 0.0833. The molecule has 17 heavy (non-hydrogen) atoms. The first-order valence-electron chi connectivity index (χ1n) is 5.09. The van der Waals surface area contributed by atoms with Crippen LogP contribution in [0.25, 0.3) is 20.9 Å². The largest absolute Gasteiger partial charge is 0.231 e. The molecule has 0 saturated carbocycles. The minimum atomic E-state index is 0.408. The molecule has 2 heterocycles. The van der Waals surface area contributed by atoms with Crippen molar-refractivity contribution in [2.24, 2.45) is 0 Å². The lowest BCUT2D eigenvalue weighted by Crippen LogP contribution is -1.82. The van der Waals surface area contributed by atoms with E-state index in [1.165, 1.54) is 23.2 Å². The van der Waals surface area contributed by atoms with Gasteiger partial charge in [-0.3, -0.25) is 0 Å². The summed E-state index contributed by atoms with van der Waals surface area (Å²) in [4.78, 5) is 13.4. The average molecular weight is 262 g/mol. The van der Waals surface area contributed by atoms with Crippen LogP contribution in [0.3, 0.4) is 0 Å². The van der Waals surface area contributed by atoms with Crippen LogP contribution < -0.4 is 0 Å². The second-order valence-corrected chi connectivity index (χ2v) is 4.99. The Labute approximate surface area is 107 Å². The predicted octanol–water partition coefficient (Wildman–Crippen LogP) is 3.72. The third-order valence-electron chi connectivity index (χ3n) is 2.53. The van der Waals surface area contributed by atoms with Crippen molar-refractivity contribution >= 4 is 33.3 Å². The summed E-state index contributed by atoms with van der Waals surface area (Å²) >= 11 is 7.52. The van der Waals surface area contributed by atoms with E-state index < -0.39 is 0 Å². The van der Waals surface area contributed by atoms with E-state index in [-0.39, 0.29) is 0 Å². The van der Waals surface area contributed by atoms with Crippen molar-refractivity contribution in [2.75, 3.05) is 0 Å². The molecule has 3 aromatic rings. The van der Waals surface area contributed by atoms with Gasteiger partial charge in [0.15, 0.2) is 5.15 Å². The standard InChI is InChI=1S/C12H8ClN3S/c1-7-4-2-3-5-8(7)11-16-9-10(13)14-6-15-12(9)17-11/h2-6H,1H3. The molecule has 0 fully saturated rings. The van der Waals surface area contributed by atoms with Crippen molar-refractivity contribution in [3.8, 4) is 10.6 Å². The zero-order valence-corrected chi connectivity index (χ0v) is 10.6. The Morgan fingerprint density at radius 1 is 1.18 bits per heavy atom. The summed E-state index contributed by atoms with van der Waals surface area (Å²) in [6.45, 7) is 2.06. The molecule has 0 amide bonds. The van der Waals surface area contributed by atoms with Gasteiger partial charge >= 0.3 is 0 Å². The van der Waals surface area contributed by atoms with Gasteiger partial charge in [0.05, 0.1) is 0 Å². The summed E-state index contributed by atoms with van der Waals surface area (Å²) in [6.07, 6.45) is 1.46. The van der Waals surface area contributed by atoms with Crippen molar-refractivity contribution in [2.45, 2.75) is 6.92 Å². The molecule has 84 valence electrons. The zero-order chi connectivity index (χ0) is 11.8. The molecule has 0 saturated heterocycles. The fourth-order valence-corrected chi connectivity index (χ4v) is 2.88. The molecule has 1 aromatic carbocycles. The summed E-state index contributed by atoms with van der Waals surface area (Å²) in [5.41, 5.74) is 2.99. The number of aryl methyl sites for hydroxylation is 1. The molecular weight excluding hydrogens is 254 g/mol. The quantitative estimate of drug-likeness (QED) is 0.627. The van der Waals surface area contributed by atoms with Gasteiger partial charge in [-0.1, -0.05) is 47.2 Å². The predicted molar refractivity (Wildman–Crippen MR) is 70.4 cm³/mol. The Kier molecular flexibility index (Phi) is 2.53. The van der Waals surface area contributed by atoms with Gasteiger partial charge in [-0.15, -0.1) is 0 Å². The lowest BCUT2D eigenvalue weighted by Gasteiger charge is -1.99. The van der Waals surface area contributed by atoms with Crippen LogP contribution in [0.15, 0.2) is 30.6 Å². The molecule has 0 unspecified atom stereocenters. The molecule has 0 spiro atoms. The number of aromatic nitrogens is 3. The molecule has 0 bridgehead atoms. The normalized spacial score (nSPS) is 10.9. The minimum Gasteiger partial charge on any atom is -0.231 e. The van der Waals surface area contributed by atoms with Gasteiger partial charge in [-0.2, -0.15) is 0 Å². The Bertz CT molecular complexity index is 693. The van der Waals surface area contributed by atoms with E-state index in [1.807, 2.05) is 18.2 Å². The molecule has 0 radical (unpaired) electrons. The molecule has 3 nitrogen and oxygen atoms in total. The van der Waals surface area contributed by atoms with Crippen molar-refractivity contribution < 1.29 is 0 Å². The van der Waals surface area contributed by atoms with Crippen LogP contribution in [-0.4, -0.2) is 15.0 Å². The van der Waals surface area contributed by atoms with E-state index in [0.29, 0.717) is 10.7 Å². The monoisotopic (exact) mass is 261 g/mol. The van der Waals surface area contributed by atoms with Crippen molar-refractivity contribution in [1.29, 1.82) is 0 Å². The van der Waals surface area contributed by atoms with Gasteiger partial charge in [0.25, 0.3) is 0 Å². The Morgan fingerprint density at radius 3 is 2.76 bits per heavy atom. The van der Waals surface area contributed by atoms with Crippen LogP contribution in [0.5, 0.6) is 0 Å². The maximum atomic E-state index is 5.99. The lowest BCUT2D eigenvalue weighted by atomic mass is 10.1. The van der Waals surface area contributed by atoms with Crippen LogP contribution in [0.1, 0.15) is 5.56 Å². The number of halogens is 1. The van der Waals surface area contributed by atoms with Gasteiger partial charge in [-0.25, -0.2) is 15.0 Å². The Hall–Kier alpha value is -1.52. The van der Waals surface area contributed by atoms with E-state index in [0.717, 1.165) is 15.4 Å². The number of thiazole rings is 1. The minimum absolute atomic E-state index is 0.408. The van der Waals surface area contributed by atoms with Gasteiger partial charge in [0.1, 0.15) is 21.7 Å². The highest BCUT2D eigenvalue weighted by Gasteiger charge is 2.11. The number of nitrogens with zero attached hydrogens (tertiary/aromatic N) is 3. The summed E-state index contributed by atoms with van der Waals surface area (Å²) in [5.74, 6) is 0. The molecule has 0 aliphatic carbocycles. The first-order chi connectivity index (χ1) is 8.25. The van der Waals surface area contributed by atoms with Crippen LogP contribution in [0.2, 0.25) is 5.15 Å². The highest BCUT2D eigenvalue weighted by atomic mass is 35.5. The molecule has 0 aliphatic heterocycles. The average Bonchev–Trinajstić information content (AvgIpc) is 2.75. The van der Waals surface area contributed by atoms with Gasteiger partial charge in [0, 0.05) is 5.56 Å². The van der Waals surface area contributed by atoms with Crippen LogP contribution in [0, 0.1) is 6.92 Å². The summed E-state index contributed by atoms with van der Waals surface area (Å²) < 4.78 is 0. The fourth-order valence-electron chi connectivity index (χ4n) is 1.66. The molecule has 2 aromatic heterocycles. The van der Waals surface area contributed by atoms with Crippen molar-refractivity contribution in [3.05, 3.63) is 41.3 Å². The van der Waals surface area contributed by atoms with E-state index in [1.54, 1.807) is 0 Å². The Morgan fingerprint density at radius 2 is 2.00 bits per heavy atom. The number of hydrogen-bond donors (Lipinski definition) is 0. The van der Waals surface area contributed by atoms with Gasteiger partial charge < -0.3 is 0 Å². The third-order valence-corrected chi connectivity index (χ3v) is 3.80. The maximum Gasteiger partial charge on any atom is 0.159 e. The molecule has 5 heteroatoms. The lowest BCUT2D eigenvalue weighted by molar-refractivity contribution is 1.22. The SMILES string of the molecule is Cc1ccccc1-c1nc2c(Cl)ncnc2s1. The number of rotatable bonds is 1. The first-order valence-corrected chi connectivity index (χ1v) is 6.28. The van der Waals surface area contributed by atoms with Crippen molar-refractivity contribution in [3.63, 3.8) is 0 Å². The van der Waals surface area contributed by atoms with Crippen LogP contribution in [0.4, 0.5) is 0 Å². The smallest absolute Gasteiger partial charge is 0.159 e. The van der Waals surface area contributed by atoms with E-state index in [4.69, 9.17) is 11.6 Å². The second kappa shape index (κ2) is 4.05. The highest BCUT2D eigenvalue weighted by Crippen LogP contribution is 2.32. The van der Waals surface area contributed by atoms with E-state index in [2.05, 4.69) is 27.9 Å². The molecule has 0 N–H and O–H groups in total. The molecule has 3 rings (SSSR count). The maximum absolute atomic E-state index is 5.99. The highest BCUT2D eigenvalue weighted by molar-refractivity contribution is 7.21. The summed E-state index contributed by atoms with van der Waals surface area (Å²) in [5, 5.41) is 1.34. The summed E-state index contributed by atoms with van der Waals surface area (Å²) in [6, 6.07) is 8.13. The second-order valence-electron chi connectivity index (χ2n) is 3.65. The number of benzene rings is 1. The third kappa shape index (κ3) is 1.79. The van der Waals surface area contributed by atoms with Crippen LogP contribution in [-0.2, 0) is 0 Å². The first kappa shape index (κ1) is 10.6. The topological polar surface area (TPSA) is 38.7 Å². The van der Waals surface area contributed by atoms with Gasteiger partial charge in [0.2, 0.25) is 0 Å².